The highest BCUT2D eigenvalue weighted by Gasteiger charge is 2.27. The van der Waals surface area contributed by atoms with Crippen molar-refractivity contribution in [2.75, 3.05) is 17.8 Å². The Labute approximate surface area is 160 Å². The highest BCUT2D eigenvalue weighted by molar-refractivity contribution is 7.92. The monoisotopic (exact) mass is 387 g/mol. The van der Waals surface area contributed by atoms with Crippen LogP contribution in [0.5, 0.6) is 0 Å². The zero-order valence-corrected chi connectivity index (χ0v) is 16.2. The third kappa shape index (κ3) is 4.48. The van der Waals surface area contributed by atoms with Gasteiger partial charge in [-0.15, -0.1) is 0 Å². The first-order chi connectivity index (χ1) is 12.9. The first-order valence-electron chi connectivity index (χ1n) is 9.11. The van der Waals surface area contributed by atoms with Crippen molar-refractivity contribution in [3.8, 4) is 0 Å². The number of anilines is 1. The van der Waals surface area contributed by atoms with E-state index in [-0.39, 0.29) is 16.8 Å². The number of piperidine rings is 1. The van der Waals surface area contributed by atoms with Crippen molar-refractivity contribution in [1.82, 2.24) is 4.90 Å². The summed E-state index contributed by atoms with van der Waals surface area (Å²) in [7, 11) is -3.78. The third-order valence-corrected chi connectivity index (χ3v) is 6.20. The van der Waals surface area contributed by atoms with Crippen molar-refractivity contribution in [3.05, 3.63) is 59.7 Å². The summed E-state index contributed by atoms with van der Waals surface area (Å²) in [5, 5.41) is 0. The summed E-state index contributed by atoms with van der Waals surface area (Å²) in [6, 6.07) is 13.3. The molecule has 3 rings (SSSR count). The molecule has 1 heterocycles. The van der Waals surface area contributed by atoms with Gasteiger partial charge in [-0.25, -0.2) is 8.42 Å². The second-order valence-corrected chi connectivity index (χ2v) is 8.57. The average molecular weight is 388 g/mol. The fourth-order valence-corrected chi connectivity index (χ4v) is 4.49. The van der Waals surface area contributed by atoms with Crippen LogP contribution in [0.25, 0.3) is 0 Å². The number of nitrogens with zero attached hydrogens (tertiary/aromatic N) is 1. The molecule has 2 aromatic carbocycles. The number of nitrogens with one attached hydrogen (secondary N) is 1. The lowest BCUT2D eigenvalue weighted by Crippen LogP contribution is -2.47. The standard InChI is InChI=1S/C20H25N3O3S/c1-15-6-4-8-17(12-15)22-27(25,26)19-10-5-7-16(13-19)20(24)23-11-3-2-9-18(23)14-21/h4-8,10,12-13,18,22H,2-3,9,11,14,21H2,1H3. The Hall–Kier alpha value is -2.38. The van der Waals surface area contributed by atoms with Gasteiger partial charge >= 0.3 is 0 Å². The van der Waals surface area contributed by atoms with E-state index in [0.29, 0.717) is 24.3 Å². The Balaban J connectivity index is 1.85. The van der Waals surface area contributed by atoms with Crippen LogP contribution in [0.2, 0.25) is 0 Å². The van der Waals surface area contributed by atoms with Crippen molar-refractivity contribution < 1.29 is 13.2 Å². The smallest absolute Gasteiger partial charge is 0.261 e. The number of rotatable bonds is 5. The van der Waals surface area contributed by atoms with Crippen LogP contribution in [-0.4, -0.2) is 38.4 Å². The highest BCUT2D eigenvalue weighted by atomic mass is 32.2. The molecule has 27 heavy (non-hydrogen) atoms. The van der Waals surface area contributed by atoms with E-state index in [1.807, 2.05) is 13.0 Å². The largest absolute Gasteiger partial charge is 0.334 e. The predicted molar refractivity (Wildman–Crippen MR) is 106 cm³/mol. The zero-order chi connectivity index (χ0) is 19.4. The van der Waals surface area contributed by atoms with Gasteiger partial charge in [0.05, 0.1) is 4.90 Å². The molecule has 2 aromatic rings. The maximum atomic E-state index is 12.9. The van der Waals surface area contributed by atoms with Gasteiger partial charge in [0.1, 0.15) is 0 Å². The van der Waals surface area contributed by atoms with E-state index in [1.54, 1.807) is 35.2 Å². The molecule has 0 aromatic heterocycles. The summed E-state index contributed by atoms with van der Waals surface area (Å²) in [4.78, 5) is 14.7. The number of hydrogen-bond acceptors (Lipinski definition) is 4. The highest BCUT2D eigenvalue weighted by Crippen LogP contribution is 2.22. The van der Waals surface area contributed by atoms with Crippen LogP contribution in [0.4, 0.5) is 5.69 Å². The van der Waals surface area contributed by atoms with Gasteiger partial charge < -0.3 is 10.6 Å². The molecule has 1 aliphatic heterocycles. The van der Waals surface area contributed by atoms with Gasteiger partial charge in [0, 0.05) is 30.4 Å². The molecule has 1 atom stereocenters. The lowest BCUT2D eigenvalue weighted by molar-refractivity contribution is 0.0623. The Kier molecular flexibility index (Phi) is 5.82. The molecular weight excluding hydrogens is 362 g/mol. The summed E-state index contributed by atoms with van der Waals surface area (Å²) < 4.78 is 28.0. The van der Waals surface area contributed by atoms with Crippen LogP contribution >= 0.6 is 0 Å². The van der Waals surface area contributed by atoms with Crippen molar-refractivity contribution in [2.45, 2.75) is 37.1 Å². The second kappa shape index (κ2) is 8.10. The number of carbonyl (C=O) groups is 1. The fourth-order valence-electron chi connectivity index (χ4n) is 3.40. The van der Waals surface area contributed by atoms with Crippen LogP contribution < -0.4 is 10.5 Å². The first-order valence-corrected chi connectivity index (χ1v) is 10.6. The van der Waals surface area contributed by atoms with Gasteiger partial charge in [-0.1, -0.05) is 18.2 Å². The van der Waals surface area contributed by atoms with Gasteiger partial charge in [0.15, 0.2) is 0 Å². The Bertz CT molecular complexity index is 928. The molecule has 144 valence electrons. The molecule has 0 radical (unpaired) electrons. The van der Waals surface area contributed by atoms with Crippen molar-refractivity contribution in [3.63, 3.8) is 0 Å². The first kappa shape index (κ1) is 19.4. The Morgan fingerprint density at radius 2 is 1.96 bits per heavy atom. The molecule has 7 heteroatoms. The van der Waals surface area contributed by atoms with Crippen LogP contribution in [0.15, 0.2) is 53.4 Å². The number of carbonyl (C=O) groups excluding carboxylic acids is 1. The lowest BCUT2D eigenvalue weighted by atomic mass is 10.0. The molecule has 6 nitrogen and oxygen atoms in total. The number of amides is 1. The number of benzene rings is 2. The topological polar surface area (TPSA) is 92.5 Å². The summed E-state index contributed by atoms with van der Waals surface area (Å²) in [5.41, 5.74) is 7.62. The van der Waals surface area contributed by atoms with E-state index in [9.17, 15) is 13.2 Å². The van der Waals surface area contributed by atoms with Crippen LogP contribution in [-0.2, 0) is 10.0 Å². The number of likely N-dealkylation sites (tertiary alicyclic amines) is 1. The van der Waals surface area contributed by atoms with Crippen LogP contribution in [0.3, 0.4) is 0 Å². The quantitative estimate of drug-likeness (QED) is 0.825. The minimum Gasteiger partial charge on any atom is -0.334 e. The maximum absolute atomic E-state index is 12.9. The van der Waals surface area contributed by atoms with E-state index < -0.39 is 10.0 Å². The van der Waals surface area contributed by atoms with Crippen molar-refractivity contribution >= 4 is 21.6 Å². The molecule has 3 N–H and O–H groups in total. The predicted octanol–water partition coefficient (Wildman–Crippen LogP) is 2.75. The normalized spacial score (nSPS) is 17.6. The summed E-state index contributed by atoms with van der Waals surface area (Å²) in [6.07, 6.45) is 2.88. The molecule has 0 spiro atoms. The molecule has 1 aliphatic rings. The maximum Gasteiger partial charge on any atom is 0.261 e. The van der Waals surface area contributed by atoms with Crippen molar-refractivity contribution in [1.29, 1.82) is 0 Å². The van der Waals surface area contributed by atoms with Gasteiger partial charge in [0.25, 0.3) is 15.9 Å². The van der Waals surface area contributed by atoms with Gasteiger partial charge in [0.2, 0.25) is 0 Å². The third-order valence-electron chi connectivity index (χ3n) is 4.82. The average Bonchev–Trinajstić information content (AvgIpc) is 2.67. The lowest BCUT2D eigenvalue weighted by Gasteiger charge is -2.35. The minimum absolute atomic E-state index is 0.0110. The van der Waals surface area contributed by atoms with Crippen LogP contribution in [0.1, 0.15) is 35.2 Å². The molecular formula is C20H25N3O3S. The van der Waals surface area contributed by atoms with E-state index >= 15 is 0 Å². The van der Waals surface area contributed by atoms with E-state index in [1.165, 1.54) is 12.1 Å². The molecule has 1 amide bonds. The molecule has 1 unspecified atom stereocenters. The SMILES string of the molecule is Cc1cccc(NS(=O)(=O)c2cccc(C(=O)N3CCCCC3CN)c2)c1. The Morgan fingerprint density at radius 3 is 2.70 bits per heavy atom. The fraction of sp³-hybridized carbons (Fsp3) is 0.350. The summed E-state index contributed by atoms with van der Waals surface area (Å²) in [5.74, 6) is -0.169. The van der Waals surface area contributed by atoms with Crippen molar-refractivity contribution in [2.24, 2.45) is 5.73 Å². The summed E-state index contributed by atoms with van der Waals surface area (Å²) >= 11 is 0. The number of aryl methyl sites for hydroxylation is 1. The van der Waals surface area contributed by atoms with Gasteiger partial charge in [-0.05, 0) is 62.1 Å². The second-order valence-electron chi connectivity index (χ2n) is 6.89. The van der Waals surface area contributed by atoms with Gasteiger partial charge in [-0.3, -0.25) is 9.52 Å². The Morgan fingerprint density at radius 1 is 1.19 bits per heavy atom. The molecule has 0 bridgehead atoms. The number of nitrogens with two attached hydrogens (primary N) is 1. The van der Waals surface area contributed by atoms with E-state index in [0.717, 1.165) is 24.8 Å². The van der Waals surface area contributed by atoms with E-state index in [2.05, 4.69) is 4.72 Å². The van der Waals surface area contributed by atoms with Gasteiger partial charge in [-0.2, -0.15) is 0 Å². The molecule has 0 saturated carbocycles. The molecule has 0 aliphatic carbocycles. The molecule has 1 saturated heterocycles. The number of hydrogen-bond donors (Lipinski definition) is 2. The van der Waals surface area contributed by atoms with E-state index in [4.69, 9.17) is 5.73 Å². The molecule has 1 fully saturated rings. The minimum atomic E-state index is -3.78. The zero-order valence-electron chi connectivity index (χ0n) is 15.4. The number of sulfonamides is 1. The van der Waals surface area contributed by atoms with Crippen LogP contribution in [0, 0.1) is 6.92 Å². The summed E-state index contributed by atoms with van der Waals surface area (Å²) in [6.45, 7) is 2.96.